The SMILES string of the molecule is NCc1cc(C(=O)NN2CCOCC2)ccn1. The van der Waals surface area contributed by atoms with Crippen molar-refractivity contribution in [1.29, 1.82) is 0 Å². The first-order valence-corrected chi connectivity index (χ1v) is 5.58. The highest BCUT2D eigenvalue weighted by atomic mass is 16.5. The summed E-state index contributed by atoms with van der Waals surface area (Å²) in [5.74, 6) is -0.135. The van der Waals surface area contributed by atoms with E-state index in [9.17, 15) is 4.79 Å². The quantitative estimate of drug-likeness (QED) is 0.740. The average Bonchev–Trinajstić information content (AvgIpc) is 2.40. The predicted octanol–water partition coefficient (Wildman–Crippen LogP) is -0.483. The highest BCUT2D eigenvalue weighted by Crippen LogP contribution is 2.02. The van der Waals surface area contributed by atoms with Crippen LogP contribution in [-0.2, 0) is 11.3 Å². The Balaban J connectivity index is 1.98. The number of ether oxygens (including phenoxy) is 1. The first-order chi connectivity index (χ1) is 8.29. The molecule has 0 unspecified atom stereocenters. The molecule has 1 saturated heterocycles. The van der Waals surface area contributed by atoms with Gasteiger partial charge in [-0.25, -0.2) is 5.01 Å². The molecule has 2 heterocycles. The third-order valence-electron chi connectivity index (χ3n) is 2.56. The second-order valence-electron chi connectivity index (χ2n) is 3.78. The van der Waals surface area contributed by atoms with Gasteiger partial charge in [-0.15, -0.1) is 0 Å². The number of carbonyl (C=O) groups is 1. The van der Waals surface area contributed by atoms with Crippen LogP contribution in [0.1, 0.15) is 16.1 Å². The van der Waals surface area contributed by atoms with Crippen LogP contribution in [0.15, 0.2) is 18.3 Å². The van der Waals surface area contributed by atoms with Crippen molar-refractivity contribution in [3.8, 4) is 0 Å². The molecule has 17 heavy (non-hydrogen) atoms. The Bertz CT molecular complexity index is 391. The number of aromatic nitrogens is 1. The minimum Gasteiger partial charge on any atom is -0.379 e. The van der Waals surface area contributed by atoms with Crippen molar-refractivity contribution >= 4 is 5.91 Å². The summed E-state index contributed by atoms with van der Waals surface area (Å²) >= 11 is 0. The third-order valence-corrected chi connectivity index (χ3v) is 2.56. The lowest BCUT2D eigenvalue weighted by Gasteiger charge is -2.26. The van der Waals surface area contributed by atoms with E-state index in [4.69, 9.17) is 10.5 Å². The summed E-state index contributed by atoms with van der Waals surface area (Å²) in [5.41, 5.74) is 9.60. The van der Waals surface area contributed by atoms with Crippen molar-refractivity contribution in [2.24, 2.45) is 5.73 Å². The molecular weight excluding hydrogens is 220 g/mol. The van der Waals surface area contributed by atoms with Crippen LogP contribution in [-0.4, -0.2) is 42.2 Å². The van der Waals surface area contributed by atoms with Crippen LogP contribution in [0.2, 0.25) is 0 Å². The summed E-state index contributed by atoms with van der Waals surface area (Å²) in [6, 6.07) is 3.38. The number of morpholine rings is 1. The Kier molecular flexibility index (Phi) is 4.03. The molecule has 1 amide bonds. The van der Waals surface area contributed by atoms with Gasteiger partial charge in [-0.3, -0.25) is 15.2 Å². The molecule has 1 aromatic rings. The summed E-state index contributed by atoms with van der Waals surface area (Å²) in [4.78, 5) is 16.0. The van der Waals surface area contributed by atoms with Gasteiger partial charge < -0.3 is 10.5 Å². The Morgan fingerprint density at radius 3 is 3.00 bits per heavy atom. The molecule has 0 radical (unpaired) electrons. The molecule has 0 spiro atoms. The standard InChI is InChI=1S/C11H16N4O2/c12-8-10-7-9(1-2-13-10)11(16)14-15-3-5-17-6-4-15/h1-2,7H,3-6,8,12H2,(H,14,16). The van der Waals surface area contributed by atoms with Gasteiger partial charge in [0.1, 0.15) is 0 Å². The first-order valence-electron chi connectivity index (χ1n) is 5.58. The second-order valence-corrected chi connectivity index (χ2v) is 3.78. The fraction of sp³-hybridized carbons (Fsp3) is 0.455. The van der Waals surface area contributed by atoms with E-state index in [1.165, 1.54) is 0 Å². The first kappa shape index (κ1) is 12.0. The molecule has 6 heteroatoms. The van der Waals surface area contributed by atoms with Crippen LogP contribution in [0, 0.1) is 0 Å². The maximum absolute atomic E-state index is 11.9. The Labute approximate surface area is 99.7 Å². The maximum Gasteiger partial charge on any atom is 0.265 e. The van der Waals surface area contributed by atoms with Gasteiger partial charge >= 0.3 is 0 Å². The number of nitrogens with two attached hydrogens (primary N) is 1. The van der Waals surface area contributed by atoms with E-state index in [0.29, 0.717) is 44.1 Å². The Morgan fingerprint density at radius 1 is 1.53 bits per heavy atom. The van der Waals surface area contributed by atoms with Crippen LogP contribution in [0.25, 0.3) is 0 Å². The number of rotatable bonds is 3. The van der Waals surface area contributed by atoms with Crippen molar-refractivity contribution < 1.29 is 9.53 Å². The molecular formula is C11H16N4O2. The Morgan fingerprint density at radius 2 is 2.29 bits per heavy atom. The maximum atomic E-state index is 11.9. The zero-order valence-corrected chi connectivity index (χ0v) is 9.56. The van der Waals surface area contributed by atoms with Crippen LogP contribution in [0.5, 0.6) is 0 Å². The van der Waals surface area contributed by atoms with Gasteiger partial charge in [-0.1, -0.05) is 0 Å². The van der Waals surface area contributed by atoms with Crippen molar-refractivity contribution in [1.82, 2.24) is 15.4 Å². The summed E-state index contributed by atoms with van der Waals surface area (Å²) in [7, 11) is 0. The molecule has 92 valence electrons. The molecule has 0 atom stereocenters. The molecule has 0 aromatic carbocycles. The van der Waals surface area contributed by atoms with Crippen LogP contribution < -0.4 is 11.2 Å². The largest absolute Gasteiger partial charge is 0.379 e. The van der Waals surface area contributed by atoms with E-state index in [-0.39, 0.29) is 5.91 Å². The number of hydrogen-bond acceptors (Lipinski definition) is 5. The minimum atomic E-state index is -0.135. The lowest BCUT2D eigenvalue weighted by atomic mass is 10.2. The molecule has 1 aliphatic rings. The summed E-state index contributed by atoms with van der Waals surface area (Å²) in [6.45, 7) is 3.04. The average molecular weight is 236 g/mol. The molecule has 0 saturated carbocycles. The van der Waals surface area contributed by atoms with Gasteiger partial charge in [0.05, 0.1) is 18.9 Å². The second kappa shape index (κ2) is 5.72. The highest BCUT2D eigenvalue weighted by molar-refractivity contribution is 5.93. The molecule has 1 aromatic heterocycles. The van der Waals surface area contributed by atoms with Gasteiger partial charge in [0.25, 0.3) is 5.91 Å². The van der Waals surface area contributed by atoms with Crippen LogP contribution >= 0.6 is 0 Å². The monoisotopic (exact) mass is 236 g/mol. The molecule has 1 fully saturated rings. The molecule has 1 aliphatic heterocycles. The summed E-state index contributed by atoms with van der Waals surface area (Å²) < 4.78 is 5.20. The van der Waals surface area contributed by atoms with E-state index in [1.807, 2.05) is 5.01 Å². The Hall–Kier alpha value is -1.50. The van der Waals surface area contributed by atoms with Gasteiger partial charge in [0.15, 0.2) is 0 Å². The van der Waals surface area contributed by atoms with E-state index < -0.39 is 0 Å². The van der Waals surface area contributed by atoms with E-state index >= 15 is 0 Å². The fourth-order valence-corrected chi connectivity index (χ4v) is 1.61. The summed E-state index contributed by atoms with van der Waals surface area (Å²) in [5, 5.41) is 1.86. The number of pyridine rings is 1. The smallest absolute Gasteiger partial charge is 0.265 e. The van der Waals surface area contributed by atoms with Gasteiger partial charge in [0, 0.05) is 31.4 Å². The van der Waals surface area contributed by atoms with Gasteiger partial charge in [-0.05, 0) is 12.1 Å². The van der Waals surface area contributed by atoms with E-state index in [1.54, 1.807) is 18.3 Å². The highest BCUT2D eigenvalue weighted by Gasteiger charge is 2.14. The van der Waals surface area contributed by atoms with Gasteiger partial charge in [0.2, 0.25) is 0 Å². The van der Waals surface area contributed by atoms with Crippen LogP contribution in [0.3, 0.4) is 0 Å². The third kappa shape index (κ3) is 3.23. The summed E-state index contributed by atoms with van der Waals surface area (Å²) in [6.07, 6.45) is 1.59. The number of nitrogens with zero attached hydrogens (tertiary/aromatic N) is 2. The molecule has 3 N–H and O–H groups in total. The van der Waals surface area contributed by atoms with Crippen molar-refractivity contribution in [3.63, 3.8) is 0 Å². The number of amides is 1. The molecule has 0 bridgehead atoms. The normalized spacial score (nSPS) is 16.8. The fourth-order valence-electron chi connectivity index (χ4n) is 1.61. The predicted molar refractivity (Wildman–Crippen MR) is 62.0 cm³/mol. The lowest BCUT2D eigenvalue weighted by molar-refractivity contribution is 0.0126. The molecule has 2 rings (SSSR count). The van der Waals surface area contributed by atoms with Crippen LogP contribution in [0.4, 0.5) is 0 Å². The minimum absolute atomic E-state index is 0.135. The lowest BCUT2D eigenvalue weighted by Crippen LogP contribution is -2.48. The number of carbonyl (C=O) groups excluding carboxylic acids is 1. The molecule has 6 nitrogen and oxygen atoms in total. The zero-order chi connectivity index (χ0) is 12.1. The number of nitrogens with one attached hydrogen (secondary N) is 1. The molecule has 0 aliphatic carbocycles. The van der Waals surface area contributed by atoms with Crippen molar-refractivity contribution in [2.45, 2.75) is 6.54 Å². The zero-order valence-electron chi connectivity index (χ0n) is 9.56. The van der Waals surface area contributed by atoms with Crippen molar-refractivity contribution in [3.05, 3.63) is 29.6 Å². The number of hydrazine groups is 1. The number of hydrogen-bond donors (Lipinski definition) is 2. The van der Waals surface area contributed by atoms with E-state index in [2.05, 4.69) is 10.4 Å². The topological polar surface area (TPSA) is 80.5 Å². The van der Waals surface area contributed by atoms with E-state index in [0.717, 1.165) is 0 Å². The van der Waals surface area contributed by atoms with Gasteiger partial charge in [-0.2, -0.15) is 0 Å². The van der Waals surface area contributed by atoms with Crippen molar-refractivity contribution in [2.75, 3.05) is 26.3 Å².